The Kier molecular flexibility index (Phi) is 22.4. The molecule has 24 heteroatoms. The van der Waals surface area contributed by atoms with Crippen LogP contribution in [0.15, 0.2) is 292 Å². The Morgan fingerprint density at radius 1 is 0.415 bits per heavy atom. The van der Waals surface area contributed by atoms with E-state index in [1.807, 2.05) is 206 Å². The van der Waals surface area contributed by atoms with Crippen molar-refractivity contribution in [2.24, 2.45) is 0 Å². The van der Waals surface area contributed by atoms with Gasteiger partial charge >= 0.3 is 11.9 Å². The maximum absolute atomic E-state index is 14.5. The number of carboxylic acids is 1. The molecule has 9 heterocycles. The lowest BCUT2D eigenvalue weighted by molar-refractivity contribution is 0.0599. The lowest BCUT2D eigenvalue weighted by atomic mass is 9.96. The van der Waals surface area contributed by atoms with E-state index in [0.717, 1.165) is 104 Å². The second-order valence-corrected chi connectivity index (χ2v) is 30.5. The highest BCUT2D eigenvalue weighted by Crippen LogP contribution is 2.39. The normalized spacial score (nSPS) is 12.0. The summed E-state index contributed by atoms with van der Waals surface area (Å²) in [6.45, 7) is 8.20. The van der Waals surface area contributed by atoms with Gasteiger partial charge in [-0.25, -0.2) is 39.5 Å². The molecule has 0 aliphatic carbocycles. The van der Waals surface area contributed by atoms with E-state index in [-0.39, 0.29) is 46.1 Å². The van der Waals surface area contributed by atoms with Gasteiger partial charge in [0.2, 0.25) is 0 Å². The van der Waals surface area contributed by atoms with Crippen LogP contribution in [-0.4, -0.2) is 82.0 Å². The fraction of sp³-hybridized carbons (Fsp3) is 0.117. The summed E-state index contributed by atoms with van der Waals surface area (Å²) in [5.74, 6) is 1.16. The summed E-state index contributed by atoms with van der Waals surface area (Å²) in [5.41, 5.74) is 18.4. The molecule has 0 fully saturated rings. The fourth-order valence-corrected chi connectivity index (χ4v) is 17.0. The minimum atomic E-state index is -1.08. The van der Waals surface area contributed by atoms with E-state index in [4.69, 9.17) is 14.2 Å². The number of esters is 1. The number of nitrogens with one attached hydrogen (secondary N) is 3. The molecule has 21 nitrogen and oxygen atoms in total. The molecule has 0 bridgehead atoms. The predicted octanol–water partition coefficient (Wildman–Crippen LogP) is 20.6. The molecule has 0 unspecified atom stereocenters. The van der Waals surface area contributed by atoms with Crippen LogP contribution < -0.4 is 42.1 Å². The number of carbonyl (C=O) groups excluding carboxylic acids is 1. The number of fused-ring (bicyclic) bond motifs is 6. The van der Waals surface area contributed by atoms with Crippen molar-refractivity contribution in [1.29, 1.82) is 0 Å². The second-order valence-electron chi connectivity index (χ2n) is 27.8. The van der Waals surface area contributed by atoms with E-state index in [2.05, 4.69) is 90.0 Å². The van der Waals surface area contributed by atoms with Crippen LogP contribution in [0.3, 0.4) is 0 Å². The zero-order valence-corrected chi connectivity index (χ0v) is 67.4. The number of pyridine rings is 6. The predicted molar refractivity (Wildman–Crippen MR) is 474 cm³/mol. The van der Waals surface area contributed by atoms with Crippen LogP contribution in [0.5, 0.6) is 11.5 Å². The Balaban J connectivity index is 0.000000132. The number of carboxylic acid groups (broad SMARTS) is 1. The molecule has 3 atom stereocenters. The highest BCUT2D eigenvalue weighted by molar-refractivity contribution is 7.17. The number of hydrogen-bond acceptors (Lipinski definition) is 20. The van der Waals surface area contributed by atoms with Gasteiger partial charge in [-0.2, -0.15) is 0 Å². The number of aryl methyl sites for hydroxylation is 1. The number of methoxy groups -OCH3 is 3. The number of rotatable bonds is 20. The molecule has 18 rings (SSSR count). The van der Waals surface area contributed by atoms with Crippen molar-refractivity contribution in [2.75, 3.05) is 37.3 Å². The average Bonchev–Trinajstić information content (AvgIpc) is 1.02. The number of aromatic nitrogens is 9. The van der Waals surface area contributed by atoms with Gasteiger partial charge < -0.3 is 35.3 Å². The van der Waals surface area contributed by atoms with E-state index < -0.39 is 11.9 Å². The lowest BCUT2D eigenvalue weighted by Crippen LogP contribution is -2.26. The highest BCUT2D eigenvalue weighted by atomic mass is 32.1. The van der Waals surface area contributed by atoms with Crippen molar-refractivity contribution >= 4 is 126 Å². The fourth-order valence-electron chi connectivity index (χ4n) is 15.0. The molecular weight excluding hydrogens is 1540 g/mol. The molecule has 118 heavy (non-hydrogen) atoms. The van der Waals surface area contributed by atoms with Crippen molar-refractivity contribution < 1.29 is 28.9 Å². The van der Waals surface area contributed by atoms with Crippen LogP contribution in [0.4, 0.5) is 17.5 Å². The molecule has 0 radical (unpaired) electrons. The summed E-state index contributed by atoms with van der Waals surface area (Å²) in [4.78, 5) is 94.3. The number of nitrogens with zero attached hydrogens (tertiary/aromatic N) is 9. The molecule has 0 amide bonds. The van der Waals surface area contributed by atoms with Gasteiger partial charge in [0.25, 0.3) is 16.7 Å². The Morgan fingerprint density at radius 3 is 1.19 bits per heavy atom. The summed E-state index contributed by atoms with van der Waals surface area (Å²) in [7, 11) is 4.30. The first-order valence-corrected chi connectivity index (χ1v) is 40.6. The van der Waals surface area contributed by atoms with Crippen molar-refractivity contribution in [3.8, 4) is 61.9 Å². The van der Waals surface area contributed by atoms with Crippen LogP contribution in [0.1, 0.15) is 89.2 Å². The van der Waals surface area contributed by atoms with E-state index >= 15 is 0 Å². The number of carbonyl (C=O) groups is 2. The molecule has 9 aromatic carbocycles. The minimum absolute atomic E-state index is 0.0373. The number of ether oxygens (including phenoxy) is 3. The summed E-state index contributed by atoms with van der Waals surface area (Å²) < 4.78 is 24.2. The van der Waals surface area contributed by atoms with E-state index in [1.165, 1.54) is 33.0 Å². The van der Waals surface area contributed by atoms with Gasteiger partial charge in [-0.05, 0) is 185 Å². The highest BCUT2D eigenvalue weighted by Gasteiger charge is 2.26. The van der Waals surface area contributed by atoms with Gasteiger partial charge in [0.15, 0.2) is 17.5 Å². The SMILES string of the molecule is CCc1cccc(-c2cccc3cc([C@H](C)Nc4nccc5scnc45)n(-c4ccccc4)c(=O)c23)c1.COC(=O)c1cc(OC)cc(-c2cccc3cc([C@H](C)Nc4nccc5scnc45)n(-c4ccccc4)c(=O)c23)c1.COc1cc(-c2cccc3cc([C@H](C)Nc4nccc5scnc45)n(-c4ccccc4)c(=O)c23)ccc1C(=O)O. The minimum Gasteiger partial charge on any atom is -0.497 e. The van der Waals surface area contributed by atoms with Gasteiger partial charge in [-0.15, -0.1) is 34.0 Å². The summed E-state index contributed by atoms with van der Waals surface area (Å²) in [6.07, 6.45) is 6.23. The molecule has 9 aromatic heterocycles. The van der Waals surface area contributed by atoms with E-state index in [0.29, 0.717) is 61.8 Å². The molecule has 18 aromatic rings. The van der Waals surface area contributed by atoms with Gasteiger partial charge in [-0.3, -0.25) is 28.1 Å². The number of hydrogen-bond donors (Lipinski definition) is 4. The number of anilines is 3. The van der Waals surface area contributed by atoms with Crippen molar-refractivity contribution in [3.63, 3.8) is 0 Å². The van der Waals surface area contributed by atoms with Crippen molar-refractivity contribution in [3.05, 3.63) is 343 Å². The maximum Gasteiger partial charge on any atom is 0.339 e. The van der Waals surface area contributed by atoms with Gasteiger partial charge in [0, 0.05) is 52.7 Å². The Bertz CT molecular complexity index is 7030. The number of benzene rings is 9. The first-order valence-electron chi connectivity index (χ1n) is 37.9. The largest absolute Gasteiger partial charge is 0.497 e. The monoisotopic (exact) mass is 1610 g/mol. The third-order valence-corrected chi connectivity index (χ3v) is 23.1. The number of aromatic carboxylic acids is 1. The third-order valence-electron chi connectivity index (χ3n) is 20.7. The lowest BCUT2D eigenvalue weighted by Gasteiger charge is -2.22. The Hall–Kier alpha value is -14.3. The second kappa shape index (κ2) is 34.0. The topological polar surface area (TPSA) is 261 Å². The van der Waals surface area contributed by atoms with Crippen molar-refractivity contribution in [2.45, 2.75) is 52.2 Å². The molecule has 0 aliphatic heterocycles. The molecule has 0 saturated carbocycles. The van der Waals surface area contributed by atoms with Gasteiger partial charge in [0.05, 0.1) is 91.8 Å². The van der Waals surface area contributed by atoms with Crippen LogP contribution >= 0.6 is 34.0 Å². The first-order chi connectivity index (χ1) is 57.6. The Labute approximate surface area is 688 Å². The number of para-hydroxylation sites is 3. The summed E-state index contributed by atoms with van der Waals surface area (Å²) in [5, 5.41) is 24.2. The zero-order chi connectivity index (χ0) is 81.7. The van der Waals surface area contributed by atoms with Crippen LogP contribution in [0, 0.1) is 0 Å². The molecule has 4 N–H and O–H groups in total. The average molecular weight is 1610 g/mol. The smallest absolute Gasteiger partial charge is 0.339 e. The van der Waals surface area contributed by atoms with E-state index in [1.54, 1.807) is 97.0 Å². The standard InChI is InChI=1S/C32H26N4O4S.C31H24N4O4S.C31H26N4OS/c1-19(35-30-29-27(12-13-33-30)41-18-34-29)26-17-20-8-7-11-25(21-14-22(32(38)40-3)16-24(15-21)39-2)28(20)31(37)36(26)23-9-5-4-6-10-23;1-18(34-29-28-26(13-14-32-29)40-17-33-28)24-15-20-7-6-10-22(19-11-12-23(31(37)38)25(16-19)39-2)27(20)30(36)35(24)21-8-4-3-5-9-21;1-3-21-9-7-10-22(17-21)25-14-8-11-23-18-26(35(31(36)28(23)25)24-12-5-4-6-13-24)20(2)34-30-29-27(15-16-32-30)37-19-33-29/h4-19H,1-3H3,(H,33,35);3-18H,1-2H3,(H,32,34)(H,37,38);4-20H,3H2,1-2H3,(H,32,34)/t19-;18-;20-/m000/s1. The summed E-state index contributed by atoms with van der Waals surface area (Å²) >= 11 is 4.68. The quantitative estimate of drug-likeness (QED) is 0.0517. The molecule has 584 valence electrons. The maximum atomic E-state index is 14.5. The zero-order valence-electron chi connectivity index (χ0n) is 65.0. The van der Waals surface area contributed by atoms with Gasteiger partial charge in [0.1, 0.15) is 33.6 Å². The molecule has 0 saturated heterocycles. The first kappa shape index (κ1) is 77.6. The molecule has 0 spiro atoms. The van der Waals surface area contributed by atoms with Crippen molar-refractivity contribution in [1.82, 2.24) is 43.6 Å². The Morgan fingerprint density at radius 2 is 0.814 bits per heavy atom. The van der Waals surface area contributed by atoms with Crippen LogP contribution in [-0.2, 0) is 11.2 Å². The van der Waals surface area contributed by atoms with Gasteiger partial charge in [-0.1, -0.05) is 146 Å². The van der Waals surface area contributed by atoms with Crippen LogP contribution in [0.2, 0.25) is 0 Å². The van der Waals surface area contributed by atoms with Crippen LogP contribution in [0.25, 0.3) is 113 Å². The third kappa shape index (κ3) is 15.4. The molecule has 0 aliphatic rings. The summed E-state index contributed by atoms with van der Waals surface area (Å²) in [6, 6.07) is 76.0. The number of thiazole rings is 3. The molecular formula is C94H76N12O9S3. The van der Waals surface area contributed by atoms with E-state index in [9.17, 15) is 29.1 Å².